The zero-order valence-electron chi connectivity index (χ0n) is 9.20. The minimum Gasteiger partial charge on any atom is -0.312 e. The van der Waals surface area contributed by atoms with Crippen molar-refractivity contribution < 1.29 is 4.79 Å². The number of hydrogen-bond acceptors (Lipinski definition) is 1. The molecule has 0 unspecified atom stereocenters. The molecule has 80 valence electrons. The van der Waals surface area contributed by atoms with E-state index in [9.17, 15) is 4.79 Å². The Hall–Kier alpha value is -1.31. The number of benzene rings is 1. The molecule has 15 heavy (non-hydrogen) atoms. The Morgan fingerprint density at radius 2 is 2.00 bits per heavy atom. The largest absolute Gasteiger partial charge is 0.312 e. The van der Waals surface area contributed by atoms with Gasteiger partial charge in [0.15, 0.2) is 0 Å². The molecule has 0 spiro atoms. The summed E-state index contributed by atoms with van der Waals surface area (Å²) in [5, 5.41) is 0. The van der Waals surface area contributed by atoms with E-state index in [0.29, 0.717) is 6.42 Å². The van der Waals surface area contributed by atoms with Crippen molar-refractivity contribution in [2.24, 2.45) is 0 Å². The second-order valence-electron chi connectivity index (χ2n) is 4.07. The SMILES string of the molecule is CCCCc1ccc(N2CCC2=O)cc1. The summed E-state index contributed by atoms with van der Waals surface area (Å²) in [7, 11) is 0. The first-order valence-electron chi connectivity index (χ1n) is 5.70. The number of hydrogen-bond donors (Lipinski definition) is 0. The number of rotatable bonds is 4. The number of β-lactam (4-membered cyclic amide) rings is 1. The lowest BCUT2D eigenvalue weighted by molar-refractivity contribution is -0.122. The van der Waals surface area contributed by atoms with Crippen LogP contribution in [0.15, 0.2) is 24.3 Å². The summed E-state index contributed by atoms with van der Waals surface area (Å²) < 4.78 is 0. The van der Waals surface area contributed by atoms with Crippen molar-refractivity contribution in [1.82, 2.24) is 0 Å². The van der Waals surface area contributed by atoms with Crippen LogP contribution in [0.4, 0.5) is 5.69 Å². The minimum atomic E-state index is 0.247. The van der Waals surface area contributed by atoms with Gasteiger partial charge in [0.25, 0.3) is 0 Å². The van der Waals surface area contributed by atoms with E-state index < -0.39 is 0 Å². The predicted octanol–water partition coefficient (Wildman–Crippen LogP) is 2.77. The Bertz CT molecular complexity index is 342. The lowest BCUT2D eigenvalue weighted by Crippen LogP contribution is -2.43. The Balaban J connectivity index is 2.00. The van der Waals surface area contributed by atoms with Crippen LogP contribution in [0.25, 0.3) is 0 Å². The Morgan fingerprint density at radius 3 is 2.47 bits per heavy atom. The van der Waals surface area contributed by atoms with Crippen LogP contribution in [-0.4, -0.2) is 12.5 Å². The van der Waals surface area contributed by atoms with Crippen molar-refractivity contribution in [2.45, 2.75) is 32.6 Å². The fourth-order valence-electron chi connectivity index (χ4n) is 1.81. The molecule has 1 fully saturated rings. The molecule has 2 rings (SSSR count). The molecule has 0 saturated carbocycles. The van der Waals surface area contributed by atoms with E-state index in [1.807, 2.05) is 4.90 Å². The van der Waals surface area contributed by atoms with Crippen molar-refractivity contribution in [1.29, 1.82) is 0 Å². The number of unbranched alkanes of at least 4 members (excludes halogenated alkanes) is 1. The van der Waals surface area contributed by atoms with Crippen molar-refractivity contribution >= 4 is 11.6 Å². The fraction of sp³-hybridized carbons (Fsp3) is 0.462. The lowest BCUT2D eigenvalue weighted by Gasteiger charge is -2.30. The van der Waals surface area contributed by atoms with Crippen LogP contribution in [0.3, 0.4) is 0 Å². The van der Waals surface area contributed by atoms with E-state index in [1.165, 1.54) is 18.4 Å². The minimum absolute atomic E-state index is 0.247. The molecule has 0 atom stereocenters. The van der Waals surface area contributed by atoms with Crippen LogP contribution in [0, 0.1) is 0 Å². The Kier molecular flexibility index (Phi) is 3.05. The molecule has 0 aliphatic carbocycles. The number of carbonyl (C=O) groups excluding carboxylic acids is 1. The highest BCUT2D eigenvalue weighted by molar-refractivity contribution is 5.99. The van der Waals surface area contributed by atoms with Crippen molar-refractivity contribution in [3.05, 3.63) is 29.8 Å². The van der Waals surface area contributed by atoms with Crippen LogP contribution >= 0.6 is 0 Å². The third-order valence-corrected chi connectivity index (χ3v) is 2.92. The molecule has 0 aromatic heterocycles. The standard InChI is InChI=1S/C13H17NO/c1-2-3-4-11-5-7-12(8-6-11)14-10-9-13(14)15/h5-8H,2-4,9-10H2,1H3. The third kappa shape index (κ3) is 2.20. The third-order valence-electron chi connectivity index (χ3n) is 2.92. The molecule has 1 amide bonds. The number of carbonyl (C=O) groups is 1. The summed E-state index contributed by atoms with van der Waals surface area (Å²) >= 11 is 0. The van der Waals surface area contributed by atoms with E-state index >= 15 is 0 Å². The fourth-order valence-corrected chi connectivity index (χ4v) is 1.81. The second kappa shape index (κ2) is 4.47. The first kappa shape index (κ1) is 10.2. The average Bonchev–Trinajstić information content (AvgIpc) is 2.26. The number of amides is 1. The Morgan fingerprint density at radius 1 is 1.27 bits per heavy atom. The molecule has 1 aliphatic rings. The quantitative estimate of drug-likeness (QED) is 0.689. The molecule has 1 aromatic carbocycles. The summed E-state index contributed by atoms with van der Waals surface area (Å²) in [5.74, 6) is 0.247. The molecule has 0 N–H and O–H groups in total. The highest BCUT2D eigenvalue weighted by atomic mass is 16.2. The molecule has 0 radical (unpaired) electrons. The van der Waals surface area contributed by atoms with Gasteiger partial charge in [0.1, 0.15) is 0 Å². The maximum atomic E-state index is 11.2. The number of anilines is 1. The van der Waals surface area contributed by atoms with Gasteiger partial charge in [0.05, 0.1) is 0 Å². The zero-order valence-corrected chi connectivity index (χ0v) is 9.20. The molecule has 1 saturated heterocycles. The predicted molar refractivity (Wildman–Crippen MR) is 62.0 cm³/mol. The molecule has 2 heteroatoms. The van der Waals surface area contributed by atoms with E-state index in [1.54, 1.807) is 0 Å². The molecular formula is C13H17NO. The van der Waals surface area contributed by atoms with Gasteiger partial charge in [-0.2, -0.15) is 0 Å². The highest BCUT2D eigenvalue weighted by Crippen LogP contribution is 2.22. The van der Waals surface area contributed by atoms with Gasteiger partial charge in [-0.25, -0.2) is 0 Å². The van der Waals surface area contributed by atoms with Crippen molar-refractivity contribution in [3.63, 3.8) is 0 Å². The van der Waals surface area contributed by atoms with Gasteiger partial charge in [-0.3, -0.25) is 4.79 Å². The molecule has 1 aromatic rings. The number of nitrogens with zero attached hydrogens (tertiary/aromatic N) is 1. The zero-order chi connectivity index (χ0) is 10.7. The monoisotopic (exact) mass is 203 g/mol. The van der Waals surface area contributed by atoms with Crippen molar-refractivity contribution in [3.8, 4) is 0 Å². The van der Waals surface area contributed by atoms with Crippen molar-refractivity contribution in [2.75, 3.05) is 11.4 Å². The van der Waals surface area contributed by atoms with E-state index in [2.05, 4.69) is 31.2 Å². The second-order valence-corrected chi connectivity index (χ2v) is 4.07. The smallest absolute Gasteiger partial charge is 0.228 e. The van der Waals surface area contributed by atoms with Gasteiger partial charge >= 0.3 is 0 Å². The van der Waals surface area contributed by atoms with Crippen LogP contribution < -0.4 is 4.90 Å². The maximum Gasteiger partial charge on any atom is 0.228 e. The van der Waals surface area contributed by atoms with Gasteiger partial charge in [0.2, 0.25) is 5.91 Å². The molecule has 1 aliphatic heterocycles. The molecular weight excluding hydrogens is 186 g/mol. The van der Waals surface area contributed by atoms with E-state index in [0.717, 1.165) is 18.7 Å². The van der Waals surface area contributed by atoms with Gasteiger partial charge < -0.3 is 4.90 Å². The van der Waals surface area contributed by atoms with E-state index in [-0.39, 0.29) is 5.91 Å². The number of aryl methyl sites for hydroxylation is 1. The van der Waals surface area contributed by atoms with E-state index in [4.69, 9.17) is 0 Å². The topological polar surface area (TPSA) is 20.3 Å². The lowest BCUT2D eigenvalue weighted by atomic mass is 10.1. The summed E-state index contributed by atoms with van der Waals surface area (Å²) in [5.41, 5.74) is 2.42. The Labute approximate surface area is 90.9 Å². The normalized spacial score (nSPS) is 15.3. The molecule has 1 heterocycles. The first-order chi connectivity index (χ1) is 7.31. The van der Waals surface area contributed by atoms with Crippen LogP contribution in [0.5, 0.6) is 0 Å². The summed E-state index contributed by atoms with van der Waals surface area (Å²) in [6, 6.07) is 8.39. The maximum absolute atomic E-state index is 11.2. The first-order valence-corrected chi connectivity index (χ1v) is 5.70. The highest BCUT2D eigenvalue weighted by Gasteiger charge is 2.24. The van der Waals surface area contributed by atoms with Gasteiger partial charge in [0, 0.05) is 18.7 Å². The summed E-state index contributed by atoms with van der Waals surface area (Å²) in [6.07, 6.45) is 4.32. The summed E-state index contributed by atoms with van der Waals surface area (Å²) in [4.78, 5) is 13.1. The summed E-state index contributed by atoms with van der Waals surface area (Å²) in [6.45, 7) is 3.08. The van der Waals surface area contributed by atoms with Gasteiger partial charge in [-0.15, -0.1) is 0 Å². The average molecular weight is 203 g/mol. The van der Waals surface area contributed by atoms with Crippen LogP contribution in [-0.2, 0) is 11.2 Å². The van der Waals surface area contributed by atoms with Crippen LogP contribution in [0.2, 0.25) is 0 Å². The van der Waals surface area contributed by atoms with Gasteiger partial charge in [-0.1, -0.05) is 25.5 Å². The van der Waals surface area contributed by atoms with Gasteiger partial charge in [-0.05, 0) is 30.5 Å². The molecule has 2 nitrogen and oxygen atoms in total. The molecule has 0 bridgehead atoms. The van der Waals surface area contributed by atoms with Crippen LogP contribution in [0.1, 0.15) is 31.7 Å².